The molecule has 4 nitrogen and oxygen atoms in total. The number of esters is 1. The number of hydrogen-bond donors (Lipinski definition) is 1. The van der Waals surface area contributed by atoms with E-state index in [1.165, 1.54) is 12.7 Å². The molecule has 4 heteroatoms. The second-order valence-electron chi connectivity index (χ2n) is 5.89. The fraction of sp³-hybridized carbons (Fsp3) is 0.625. The predicted molar refractivity (Wildman–Crippen MR) is 75.0 cm³/mol. The minimum atomic E-state index is -0.764. The van der Waals surface area contributed by atoms with Gasteiger partial charge in [-0.25, -0.2) is 4.79 Å². The van der Waals surface area contributed by atoms with E-state index in [1.54, 1.807) is 6.92 Å². The molecule has 1 saturated carbocycles. The Hall–Kier alpha value is -1.58. The lowest BCUT2D eigenvalue weighted by Crippen LogP contribution is -2.37. The van der Waals surface area contributed by atoms with Crippen LogP contribution in [0.3, 0.4) is 0 Å². The molecule has 1 unspecified atom stereocenters. The van der Waals surface area contributed by atoms with Crippen molar-refractivity contribution >= 4 is 11.9 Å². The molecule has 0 saturated heterocycles. The van der Waals surface area contributed by atoms with Gasteiger partial charge in [-0.1, -0.05) is 25.2 Å². The van der Waals surface area contributed by atoms with Crippen molar-refractivity contribution in [3.05, 3.63) is 23.8 Å². The lowest BCUT2D eigenvalue weighted by atomic mass is 9.62. The van der Waals surface area contributed by atoms with Gasteiger partial charge in [0.05, 0.1) is 13.0 Å². The summed E-state index contributed by atoms with van der Waals surface area (Å²) >= 11 is 0. The molecule has 20 heavy (non-hydrogen) atoms. The third kappa shape index (κ3) is 2.65. The normalized spacial score (nSPS) is 31.0. The molecule has 2 aliphatic carbocycles. The van der Waals surface area contributed by atoms with Crippen LogP contribution in [0.5, 0.6) is 0 Å². The molecule has 0 amide bonds. The van der Waals surface area contributed by atoms with Crippen LogP contribution < -0.4 is 0 Å². The third-order valence-corrected chi connectivity index (χ3v) is 4.88. The van der Waals surface area contributed by atoms with Crippen molar-refractivity contribution in [3.8, 4) is 0 Å². The van der Waals surface area contributed by atoms with E-state index in [9.17, 15) is 14.7 Å². The smallest absolute Gasteiger partial charge is 0.333 e. The molecule has 2 aliphatic rings. The molecule has 0 aromatic heterocycles. The second-order valence-corrected chi connectivity index (χ2v) is 5.89. The minimum absolute atomic E-state index is 0.0722. The lowest BCUT2D eigenvalue weighted by Gasteiger charge is -2.42. The van der Waals surface area contributed by atoms with E-state index >= 15 is 0 Å². The van der Waals surface area contributed by atoms with E-state index < -0.39 is 11.9 Å². The summed E-state index contributed by atoms with van der Waals surface area (Å²) < 4.78 is 4.79. The van der Waals surface area contributed by atoms with E-state index in [4.69, 9.17) is 4.74 Å². The molecule has 0 heterocycles. The highest BCUT2D eigenvalue weighted by atomic mass is 16.5. The van der Waals surface area contributed by atoms with Crippen LogP contribution in [0.2, 0.25) is 0 Å². The molecule has 1 fully saturated rings. The fourth-order valence-electron chi connectivity index (χ4n) is 3.63. The highest BCUT2D eigenvalue weighted by molar-refractivity contribution is 5.88. The first-order valence-corrected chi connectivity index (χ1v) is 7.15. The number of aliphatic carboxylic acids is 1. The maximum atomic E-state index is 11.7. The van der Waals surface area contributed by atoms with Gasteiger partial charge in [-0.05, 0) is 43.4 Å². The maximum Gasteiger partial charge on any atom is 0.333 e. The standard InChI is InChI=1S/C16H22O4/c1-9-4-6-13(10(2)15(17)18)14-8-11(16(19)20-3)5-7-12(9)14/h8,10,12-14H,1,4-7H2,2-3H3,(H,17,18)/t10?,12-,13+,14+/m1/s1. The van der Waals surface area contributed by atoms with Gasteiger partial charge in [0, 0.05) is 5.57 Å². The highest BCUT2D eigenvalue weighted by Crippen LogP contribution is 2.47. The molecule has 0 radical (unpaired) electrons. The molecule has 0 aliphatic heterocycles. The summed E-state index contributed by atoms with van der Waals surface area (Å²) in [4.78, 5) is 23.0. The number of rotatable bonds is 3. The van der Waals surface area contributed by atoms with Gasteiger partial charge in [-0.15, -0.1) is 0 Å². The molecule has 0 spiro atoms. The number of fused-ring (bicyclic) bond motifs is 1. The van der Waals surface area contributed by atoms with Crippen molar-refractivity contribution in [3.63, 3.8) is 0 Å². The summed E-state index contributed by atoms with van der Waals surface area (Å²) in [6, 6.07) is 0. The number of hydrogen-bond acceptors (Lipinski definition) is 3. The Morgan fingerprint density at radius 1 is 1.40 bits per heavy atom. The summed E-state index contributed by atoms with van der Waals surface area (Å²) in [5.41, 5.74) is 1.88. The average Bonchev–Trinajstić information content (AvgIpc) is 2.45. The number of carboxylic acids is 1. The Labute approximate surface area is 119 Å². The quantitative estimate of drug-likeness (QED) is 0.637. The van der Waals surface area contributed by atoms with Gasteiger partial charge in [0.2, 0.25) is 0 Å². The first-order chi connectivity index (χ1) is 9.45. The van der Waals surface area contributed by atoms with E-state index in [1.807, 2.05) is 6.08 Å². The average molecular weight is 278 g/mol. The topological polar surface area (TPSA) is 63.6 Å². The summed E-state index contributed by atoms with van der Waals surface area (Å²) in [7, 11) is 1.38. The summed E-state index contributed by atoms with van der Waals surface area (Å²) in [6.45, 7) is 5.90. The second kappa shape index (κ2) is 5.81. The number of allylic oxidation sites excluding steroid dienone is 2. The summed E-state index contributed by atoms with van der Waals surface area (Å²) in [5.74, 6) is -0.970. The van der Waals surface area contributed by atoms with Gasteiger partial charge in [0.25, 0.3) is 0 Å². The van der Waals surface area contributed by atoms with E-state index in [0.29, 0.717) is 17.9 Å². The summed E-state index contributed by atoms with van der Waals surface area (Å²) in [6.07, 6.45) is 5.24. The summed E-state index contributed by atoms with van der Waals surface area (Å²) in [5, 5.41) is 9.28. The first-order valence-electron chi connectivity index (χ1n) is 7.15. The number of carboxylic acid groups (broad SMARTS) is 1. The van der Waals surface area contributed by atoms with Crippen LogP contribution in [-0.2, 0) is 14.3 Å². The van der Waals surface area contributed by atoms with Crippen LogP contribution in [0.15, 0.2) is 23.8 Å². The number of carbonyl (C=O) groups excluding carboxylic acids is 1. The van der Waals surface area contributed by atoms with Crippen LogP contribution in [0.25, 0.3) is 0 Å². The fourth-order valence-corrected chi connectivity index (χ4v) is 3.63. The molecule has 0 aromatic carbocycles. The Bertz CT molecular complexity index is 463. The van der Waals surface area contributed by atoms with Gasteiger partial charge < -0.3 is 9.84 Å². The molecule has 4 atom stereocenters. The van der Waals surface area contributed by atoms with Gasteiger partial charge in [-0.3, -0.25) is 4.79 Å². The molecular formula is C16H22O4. The van der Waals surface area contributed by atoms with Crippen LogP contribution in [-0.4, -0.2) is 24.2 Å². The molecule has 110 valence electrons. The number of carbonyl (C=O) groups is 2. The van der Waals surface area contributed by atoms with Crippen molar-refractivity contribution in [2.24, 2.45) is 23.7 Å². The van der Waals surface area contributed by atoms with Crippen molar-refractivity contribution in [1.82, 2.24) is 0 Å². The van der Waals surface area contributed by atoms with E-state index in [0.717, 1.165) is 19.3 Å². The SMILES string of the molecule is C=C1CC[C@@H](C(C)C(=O)O)[C@H]2C=C(C(=O)OC)CC[C@H]12. The number of methoxy groups -OCH3 is 1. The van der Waals surface area contributed by atoms with Crippen molar-refractivity contribution in [2.45, 2.75) is 32.6 Å². The molecule has 2 rings (SSSR count). The van der Waals surface area contributed by atoms with Crippen molar-refractivity contribution < 1.29 is 19.4 Å². The van der Waals surface area contributed by atoms with E-state index in [-0.39, 0.29) is 17.8 Å². The maximum absolute atomic E-state index is 11.7. The van der Waals surface area contributed by atoms with Crippen LogP contribution in [0.1, 0.15) is 32.6 Å². The Morgan fingerprint density at radius 2 is 2.10 bits per heavy atom. The lowest BCUT2D eigenvalue weighted by molar-refractivity contribution is -0.144. The zero-order chi connectivity index (χ0) is 14.9. The van der Waals surface area contributed by atoms with Gasteiger partial charge in [0.15, 0.2) is 0 Å². The molecule has 0 bridgehead atoms. The van der Waals surface area contributed by atoms with Crippen LogP contribution >= 0.6 is 0 Å². The Morgan fingerprint density at radius 3 is 2.70 bits per heavy atom. The van der Waals surface area contributed by atoms with Crippen LogP contribution in [0.4, 0.5) is 0 Å². The molecular weight excluding hydrogens is 256 g/mol. The predicted octanol–water partition coefficient (Wildman–Crippen LogP) is 2.80. The highest BCUT2D eigenvalue weighted by Gasteiger charge is 2.41. The number of ether oxygens (including phenoxy) is 1. The van der Waals surface area contributed by atoms with Gasteiger partial charge in [0.1, 0.15) is 0 Å². The Kier molecular flexibility index (Phi) is 4.31. The van der Waals surface area contributed by atoms with E-state index in [2.05, 4.69) is 6.58 Å². The Balaban J connectivity index is 2.30. The van der Waals surface area contributed by atoms with Crippen molar-refractivity contribution in [2.75, 3.05) is 7.11 Å². The first kappa shape index (κ1) is 14.8. The monoisotopic (exact) mass is 278 g/mol. The van der Waals surface area contributed by atoms with Gasteiger partial charge >= 0.3 is 11.9 Å². The zero-order valence-corrected chi connectivity index (χ0v) is 12.1. The van der Waals surface area contributed by atoms with Crippen molar-refractivity contribution in [1.29, 1.82) is 0 Å². The minimum Gasteiger partial charge on any atom is -0.481 e. The largest absolute Gasteiger partial charge is 0.481 e. The molecule has 0 aromatic rings. The van der Waals surface area contributed by atoms with Crippen LogP contribution in [0, 0.1) is 23.7 Å². The van der Waals surface area contributed by atoms with Gasteiger partial charge in [-0.2, -0.15) is 0 Å². The third-order valence-electron chi connectivity index (χ3n) is 4.88. The molecule has 1 N–H and O–H groups in total. The zero-order valence-electron chi connectivity index (χ0n) is 12.1.